The molecular formula is C12H16ClNO2. The predicted molar refractivity (Wildman–Crippen MR) is 62.8 cm³/mol. The minimum atomic E-state index is -0.0763. The van der Waals surface area contributed by atoms with Crippen molar-refractivity contribution in [1.29, 1.82) is 0 Å². The maximum Gasteiger partial charge on any atom is 0.254 e. The van der Waals surface area contributed by atoms with Gasteiger partial charge in [-0.3, -0.25) is 4.79 Å². The molecule has 1 fully saturated rings. The van der Waals surface area contributed by atoms with Crippen LogP contribution in [0.5, 0.6) is 0 Å². The Labute approximate surface area is 100 Å². The van der Waals surface area contributed by atoms with Gasteiger partial charge in [0.2, 0.25) is 0 Å². The summed E-state index contributed by atoms with van der Waals surface area (Å²) in [6, 6.07) is 1.74. The molecule has 0 bridgehead atoms. The zero-order chi connectivity index (χ0) is 11.5. The first-order valence-electron chi connectivity index (χ1n) is 5.64. The second-order valence-corrected chi connectivity index (χ2v) is 4.92. The molecule has 1 aliphatic carbocycles. The van der Waals surface area contributed by atoms with Crippen molar-refractivity contribution in [2.75, 3.05) is 6.54 Å². The number of rotatable bonds is 3. The topological polar surface area (TPSA) is 42.2 Å². The fourth-order valence-corrected chi connectivity index (χ4v) is 2.48. The van der Waals surface area contributed by atoms with E-state index >= 15 is 0 Å². The third-order valence-electron chi connectivity index (χ3n) is 3.08. The molecule has 0 spiro atoms. The third-order valence-corrected chi connectivity index (χ3v) is 3.66. The largest absolute Gasteiger partial charge is 0.469 e. The van der Waals surface area contributed by atoms with Crippen molar-refractivity contribution in [1.82, 2.24) is 5.32 Å². The molecule has 2 rings (SSSR count). The lowest BCUT2D eigenvalue weighted by Crippen LogP contribution is -2.30. The van der Waals surface area contributed by atoms with Crippen LogP contribution < -0.4 is 5.32 Å². The summed E-state index contributed by atoms with van der Waals surface area (Å²) in [5.74, 6) is 1.09. The molecule has 1 aliphatic rings. The van der Waals surface area contributed by atoms with Crippen LogP contribution in [0, 0.1) is 12.8 Å². The zero-order valence-corrected chi connectivity index (χ0v) is 10.1. The summed E-state index contributed by atoms with van der Waals surface area (Å²) in [7, 11) is 0. The lowest BCUT2D eigenvalue weighted by molar-refractivity contribution is 0.0947. The van der Waals surface area contributed by atoms with Crippen molar-refractivity contribution in [3.63, 3.8) is 0 Å². The van der Waals surface area contributed by atoms with Gasteiger partial charge >= 0.3 is 0 Å². The third kappa shape index (κ3) is 2.59. The fraction of sp³-hybridized carbons (Fsp3) is 0.583. The monoisotopic (exact) mass is 241 g/mol. The van der Waals surface area contributed by atoms with Crippen LogP contribution in [0.25, 0.3) is 0 Å². The van der Waals surface area contributed by atoms with Crippen LogP contribution in [-0.4, -0.2) is 17.8 Å². The van der Waals surface area contributed by atoms with Crippen LogP contribution in [0.3, 0.4) is 0 Å². The molecule has 3 nitrogen and oxygen atoms in total. The number of alkyl halides is 1. The van der Waals surface area contributed by atoms with Crippen LogP contribution in [-0.2, 0) is 0 Å². The molecule has 1 aromatic rings. The van der Waals surface area contributed by atoms with E-state index in [1.807, 2.05) is 6.92 Å². The molecule has 16 heavy (non-hydrogen) atoms. The summed E-state index contributed by atoms with van der Waals surface area (Å²) in [6.45, 7) is 2.49. The standard InChI is InChI=1S/C12H16ClNO2/c1-8-5-10(7-16-8)12(15)14-6-9-3-2-4-11(9)13/h5,7,9,11H,2-4,6H2,1H3,(H,14,15). The van der Waals surface area contributed by atoms with Crippen molar-refractivity contribution in [3.8, 4) is 0 Å². The van der Waals surface area contributed by atoms with Gasteiger partial charge in [-0.25, -0.2) is 0 Å². The second-order valence-electron chi connectivity index (χ2n) is 4.36. The highest BCUT2D eigenvalue weighted by atomic mass is 35.5. The summed E-state index contributed by atoms with van der Waals surface area (Å²) >= 11 is 6.14. The highest BCUT2D eigenvalue weighted by molar-refractivity contribution is 6.21. The summed E-state index contributed by atoms with van der Waals surface area (Å²) in [6.07, 6.45) is 4.82. The molecule has 1 aromatic heterocycles. The molecule has 0 aliphatic heterocycles. The number of nitrogens with one attached hydrogen (secondary N) is 1. The molecule has 1 saturated carbocycles. The average molecular weight is 242 g/mol. The molecule has 2 atom stereocenters. The smallest absolute Gasteiger partial charge is 0.254 e. The molecule has 0 aromatic carbocycles. The number of furan rings is 1. The number of hydrogen-bond acceptors (Lipinski definition) is 2. The van der Waals surface area contributed by atoms with Crippen molar-refractivity contribution in [2.45, 2.75) is 31.6 Å². The maximum absolute atomic E-state index is 11.7. The lowest BCUT2D eigenvalue weighted by Gasteiger charge is -2.13. The van der Waals surface area contributed by atoms with Gasteiger partial charge in [-0.2, -0.15) is 0 Å². The van der Waals surface area contributed by atoms with Crippen molar-refractivity contribution in [2.24, 2.45) is 5.92 Å². The first-order valence-corrected chi connectivity index (χ1v) is 6.08. The fourth-order valence-electron chi connectivity index (χ4n) is 2.11. The Bertz CT molecular complexity index is 375. The van der Waals surface area contributed by atoms with E-state index in [0.29, 0.717) is 18.0 Å². The van der Waals surface area contributed by atoms with Crippen LogP contribution in [0.15, 0.2) is 16.7 Å². The van der Waals surface area contributed by atoms with Crippen LogP contribution in [0.1, 0.15) is 35.4 Å². The lowest BCUT2D eigenvalue weighted by atomic mass is 10.1. The van der Waals surface area contributed by atoms with Gasteiger partial charge in [-0.1, -0.05) is 6.42 Å². The summed E-state index contributed by atoms with van der Waals surface area (Å²) in [4.78, 5) is 11.7. The van der Waals surface area contributed by atoms with Gasteiger partial charge in [0.25, 0.3) is 5.91 Å². The molecule has 1 amide bonds. The Morgan fingerprint density at radius 1 is 1.62 bits per heavy atom. The molecule has 0 saturated heterocycles. The first-order chi connectivity index (χ1) is 7.66. The molecule has 2 unspecified atom stereocenters. The number of amides is 1. The minimum absolute atomic E-state index is 0.0763. The van der Waals surface area contributed by atoms with Crippen LogP contribution >= 0.6 is 11.6 Å². The van der Waals surface area contributed by atoms with E-state index in [0.717, 1.165) is 18.6 Å². The Kier molecular flexibility index (Phi) is 3.54. The number of hydrogen-bond donors (Lipinski definition) is 1. The van der Waals surface area contributed by atoms with Crippen LogP contribution in [0.4, 0.5) is 0 Å². The van der Waals surface area contributed by atoms with Gasteiger partial charge in [-0.05, 0) is 31.7 Å². The predicted octanol–water partition coefficient (Wildman–Crippen LogP) is 2.73. The second kappa shape index (κ2) is 4.91. The Hall–Kier alpha value is -0.960. The Morgan fingerprint density at radius 2 is 2.44 bits per heavy atom. The summed E-state index contributed by atoms with van der Waals surface area (Å²) in [5, 5.41) is 3.12. The number of halogens is 1. The molecule has 1 heterocycles. The van der Waals surface area contributed by atoms with E-state index in [-0.39, 0.29) is 11.3 Å². The first kappa shape index (κ1) is 11.5. The van der Waals surface area contributed by atoms with Gasteiger partial charge in [0.1, 0.15) is 12.0 Å². The van der Waals surface area contributed by atoms with E-state index in [1.54, 1.807) is 6.07 Å². The van der Waals surface area contributed by atoms with E-state index in [1.165, 1.54) is 12.7 Å². The summed E-state index contributed by atoms with van der Waals surface area (Å²) < 4.78 is 5.09. The van der Waals surface area contributed by atoms with Crippen molar-refractivity contribution >= 4 is 17.5 Å². The van der Waals surface area contributed by atoms with Crippen LogP contribution in [0.2, 0.25) is 0 Å². The highest BCUT2D eigenvalue weighted by Gasteiger charge is 2.25. The normalized spacial score (nSPS) is 24.6. The SMILES string of the molecule is Cc1cc(C(=O)NCC2CCCC2Cl)co1. The molecule has 4 heteroatoms. The summed E-state index contributed by atoms with van der Waals surface area (Å²) in [5.41, 5.74) is 0.585. The quantitative estimate of drug-likeness (QED) is 0.827. The number of carbonyl (C=O) groups is 1. The van der Waals surface area contributed by atoms with Crippen molar-refractivity contribution < 1.29 is 9.21 Å². The van der Waals surface area contributed by atoms with Gasteiger partial charge in [0.15, 0.2) is 0 Å². The van der Waals surface area contributed by atoms with E-state index in [4.69, 9.17) is 16.0 Å². The molecule has 1 N–H and O–H groups in total. The highest BCUT2D eigenvalue weighted by Crippen LogP contribution is 2.29. The van der Waals surface area contributed by atoms with Crippen molar-refractivity contribution in [3.05, 3.63) is 23.7 Å². The van der Waals surface area contributed by atoms with Gasteiger partial charge in [0.05, 0.1) is 5.56 Å². The molecule has 0 radical (unpaired) electrons. The Morgan fingerprint density at radius 3 is 3.00 bits per heavy atom. The number of carbonyl (C=O) groups excluding carboxylic acids is 1. The number of aryl methyl sites for hydroxylation is 1. The molecule has 88 valence electrons. The van der Waals surface area contributed by atoms with Gasteiger partial charge < -0.3 is 9.73 Å². The average Bonchev–Trinajstić information content (AvgIpc) is 2.84. The van der Waals surface area contributed by atoms with E-state index < -0.39 is 0 Å². The minimum Gasteiger partial charge on any atom is -0.469 e. The van der Waals surface area contributed by atoms with E-state index in [9.17, 15) is 4.79 Å². The van der Waals surface area contributed by atoms with Gasteiger partial charge in [-0.15, -0.1) is 11.6 Å². The van der Waals surface area contributed by atoms with E-state index in [2.05, 4.69) is 5.32 Å². The van der Waals surface area contributed by atoms with Gasteiger partial charge in [0, 0.05) is 11.9 Å². The Balaban J connectivity index is 1.84. The zero-order valence-electron chi connectivity index (χ0n) is 9.33. The molecular weight excluding hydrogens is 226 g/mol. The maximum atomic E-state index is 11.7.